The molecule has 1 amide bonds. The van der Waals surface area contributed by atoms with Crippen molar-refractivity contribution >= 4 is 33.5 Å². The summed E-state index contributed by atoms with van der Waals surface area (Å²) >= 11 is 3.27. The molecule has 4 N–H and O–H groups in total. The van der Waals surface area contributed by atoms with Gasteiger partial charge in [-0.25, -0.2) is 4.79 Å². The summed E-state index contributed by atoms with van der Waals surface area (Å²) in [6.07, 6.45) is -0.609. The number of amidine groups is 1. The number of hydrogen-bond donors (Lipinski definition) is 3. The lowest BCUT2D eigenvalue weighted by atomic mass is 10.1. The van der Waals surface area contributed by atoms with E-state index in [1.807, 2.05) is 0 Å². The molecule has 0 bridgehead atoms. The number of amides is 1. The maximum atomic E-state index is 11.7. The third-order valence-electron chi connectivity index (χ3n) is 2.00. The molecule has 0 spiro atoms. The van der Waals surface area contributed by atoms with Gasteiger partial charge in [-0.1, -0.05) is 21.1 Å². The third kappa shape index (κ3) is 4.78. The van der Waals surface area contributed by atoms with Crippen molar-refractivity contribution in [3.8, 4) is 0 Å². The molecule has 104 valence electrons. The Morgan fingerprint density at radius 3 is 2.63 bits per heavy atom. The van der Waals surface area contributed by atoms with Crippen LogP contribution in [0.25, 0.3) is 0 Å². The molecular formula is C12H16BrN3O3. The van der Waals surface area contributed by atoms with Gasteiger partial charge in [-0.05, 0) is 39.0 Å². The number of carbonyl (C=O) groups excluding carboxylic acids is 1. The monoisotopic (exact) mass is 329 g/mol. The first-order valence-corrected chi connectivity index (χ1v) is 6.29. The van der Waals surface area contributed by atoms with Gasteiger partial charge in [0.25, 0.3) is 0 Å². The summed E-state index contributed by atoms with van der Waals surface area (Å²) in [5.74, 6) is -0.104. The lowest BCUT2D eigenvalue weighted by molar-refractivity contribution is 0.0636. The van der Waals surface area contributed by atoms with Crippen LogP contribution in [0, 0.1) is 0 Å². The van der Waals surface area contributed by atoms with Crippen molar-refractivity contribution in [2.45, 2.75) is 26.4 Å². The summed E-state index contributed by atoms with van der Waals surface area (Å²) in [6.45, 7) is 5.29. The highest BCUT2D eigenvalue weighted by molar-refractivity contribution is 9.10. The molecule has 0 aromatic heterocycles. The Hall–Kier alpha value is -1.76. The van der Waals surface area contributed by atoms with Crippen molar-refractivity contribution in [2.75, 3.05) is 5.32 Å². The van der Waals surface area contributed by atoms with Crippen molar-refractivity contribution in [1.29, 1.82) is 0 Å². The number of benzene rings is 1. The molecule has 1 aromatic carbocycles. The molecule has 7 heteroatoms. The number of oxime groups is 1. The number of rotatable bonds is 2. The van der Waals surface area contributed by atoms with Crippen LogP contribution in [0.4, 0.5) is 10.5 Å². The molecule has 0 heterocycles. The van der Waals surface area contributed by atoms with Crippen LogP contribution in [0.1, 0.15) is 26.3 Å². The van der Waals surface area contributed by atoms with Crippen molar-refractivity contribution in [3.05, 3.63) is 28.2 Å². The van der Waals surface area contributed by atoms with Crippen LogP contribution in [0.15, 0.2) is 27.8 Å². The highest BCUT2D eigenvalue weighted by atomic mass is 79.9. The SMILES string of the molecule is CC(C)(C)OC(=O)Nc1ccc(Br)cc1/C(N)=N/O. The molecule has 0 unspecified atom stereocenters. The van der Waals surface area contributed by atoms with Crippen molar-refractivity contribution < 1.29 is 14.7 Å². The van der Waals surface area contributed by atoms with Crippen LogP contribution >= 0.6 is 15.9 Å². The summed E-state index contributed by atoms with van der Waals surface area (Å²) in [4.78, 5) is 11.7. The molecular weight excluding hydrogens is 314 g/mol. The Bertz CT molecular complexity index is 509. The quantitative estimate of drug-likeness (QED) is 0.336. The van der Waals surface area contributed by atoms with Crippen LogP contribution < -0.4 is 11.1 Å². The van der Waals surface area contributed by atoms with Crippen LogP contribution in [0.3, 0.4) is 0 Å². The van der Waals surface area contributed by atoms with Crippen LogP contribution in [0.2, 0.25) is 0 Å². The zero-order valence-corrected chi connectivity index (χ0v) is 12.5. The van der Waals surface area contributed by atoms with Gasteiger partial charge in [0.2, 0.25) is 0 Å². The van der Waals surface area contributed by atoms with Crippen molar-refractivity contribution in [3.63, 3.8) is 0 Å². The van der Waals surface area contributed by atoms with Crippen LogP contribution in [-0.4, -0.2) is 22.7 Å². The van der Waals surface area contributed by atoms with Crippen LogP contribution in [-0.2, 0) is 4.74 Å². The highest BCUT2D eigenvalue weighted by Crippen LogP contribution is 2.21. The fourth-order valence-corrected chi connectivity index (χ4v) is 1.67. The Kier molecular flexibility index (Phi) is 4.77. The topological polar surface area (TPSA) is 96.9 Å². The Labute approximate surface area is 119 Å². The minimum atomic E-state index is -0.609. The number of nitrogens with two attached hydrogens (primary N) is 1. The van der Waals surface area contributed by atoms with Gasteiger partial charge in [0.15, 0.2) is 5.84 Å². The predicted molar refractivity (Wildman–Crippen MR) is 76.5 cm³/mol. The normalized spacial score (nSPS) is 12.1. The van der Waals surface area contributed by atoms with Gasteiger partial charge in [-0.2, -0.15) is 0 Å². The fourth-order valence-electron chi connectivity index (χ4n) is 1.30. The van der Waals surface area contributed by atoms with E-state index >= 15 is 0 Å². The number of anilines is 1. The number of halogens is 1. The van der Waals surface area contributed by atoms with Gasteiger partial charge >= 0.3 is 6.09 Å². The lowest BCUT2D eigenvalue weighted by Crippen LogP contribution is -2.28. The number of nitrogens with zero attached hydrogens (tertiary/aromatic N) is 1. The molecule has 0 saturated heterocycles. The Morgan fingerprint density at radius 1 is 1.47 bits per heavy atom. The Balaban J connectivity index is 2.98. The summed E-state index contributed by atoms with van der Waals surface area (Å²) in [6, 6.07) is 4.98. The minimum Gasteiger partial charge on any atom is -0.444 e. The largest absolute Gasteiger partial charge is 0.444 e. The van der Waals surface area contributed by atoms with E-state index < -0.39 is 11.7 Å². The molecule has 19 heavy (non-hydrogen) atoms. The molecule has 0 radical (unpaired) electrons. The summed E-state index contributed by atoms with van der Waals surface area (Å²) in [7, 11) is 0. The zero-order chi connectivity index (χ0) is 14.6. The summed E-state index contributed by atoms with van der Waals surface area (Å²) in [5.41, 5.74) is 5.74. The van der Waals surface area contributed by atoms with E-state index in [1.165, 1.54) is 0 Å². The molecule has 0 aliphatic rings. The number of hydrogen-bond acceptors (Lipinski definition) is 4. The van der Waals surface area contributed by atoms with E-state index in [2.05, 4.69) is 26.4 Å². The zero-order valence-electron chi connectivity index (χ0n) is 10.9. The maximum Gasteiger partial charge on any atom is 0.412 e. The average molecular weight is 330 g/mol. The molecule has 0 fully saturated rings. The summed E-state index contributed by atoms with van der Waals surface area (Å²) < 4.78 is 5.87. The van der Waals surface area contributed by atoms with E-state index in [0.29, 0.717) is 11.3 Å². The number of ether oxygens (including phenoxy) is 1. The first-order valence-electron chi connectivity index (χ1n) is 5.50. The smallest absolute Gasteiger partial charge is 0.412 e. The summed E-state index contributed by atoms with van der Waals surface area (Å²) in [5, 5.41) is 14.2. The third-order valence-corrected chi connectivity index (χ3v) is 2.49. The second-order valence-corrected chi connectivity index (χ2v) is 5.72. The van der Waals surface area contributed by atoms with Crippen molar-refractivity contribution in [2.24, 2.45) is 10.9 Å². The lowest BCUT2D eigenvalue weighted by Gasteiger charge is -2.20. The minimum absolute atomic E-state index is 0.104. The molecule has 1 rings (SSSR count). The standard InChI is InChI=1S/C12H16BrN3O3/c1-12(2,3)19-11(17)15-9-5-4-7(13)6-8(9)10(14)16-18/h4-6,18H,1-3H3,(H2,14,16)(H,15,17). The molecule has 0 aliphatic heterocycles. The van der Waals surface area contributed by atoms with E-state index in [9.17, 15) is 4.79 Å². The first kappa shape index (κ1) is 15.3. The molecule has 0 aliphatic carbocycles. The van der Waals surface area contributed by atoms with Gasteiger partial charge < -0.3 is 15.7 Å². The number of nitrogens with one attached hydrogen (secondary N) is 1. The highest BCUT2D eigenvalue weighted by Gasteiger charge is 2.18. The van der Waals surface area contributed by atoms with Gasteiger partial charge in [0.05, 0.1) is 5.69 Å². The van der Waals surface area contributed by atoms with Crippen LogP contribution in [0.5, 0.6) is 0 Å². The van der Waals surface area contributed by atoms with E-state index in [-0.39, 0.29) is 5.84 Å². The predicted octanol–water partition coefficient (Wildman–Crippen LogP) is 2.89. The first-order chi connectivity index (χ1) is 8.73. The average Bonchev–Trinajstić information content (AvgIpc) is 2.28. The molecule has 6 nitrogen and oxygen atoms in total. The van der Waals surface area contributed by atoms with Gasteiger partial charge in [0.1, 0.15) is 5.60 Å². The number of carbonyl (C=O) groups is 1. The molecule has 1 aromatic rings. The van der Waals surface area contributed by atoms with Gasteiger partial charge in [-0.3, -0.25) is 5.32 Å². The van der Waals surface area contributed by atoms with Crippen molar-refractivity contribution in [1.82, 2.24) is 0 Å². The van der Waals surface area contributed by atoms with Gasteiger partial charge in [-0.15, -0.1) is 0 Å². The van der Waals surface area contributed by atoms with Gasteiger partial charge in [0, 0.05) is 10.0 Å². The second-order valence-electron chi connectivity index (χ2n) is 4.80. The van der Waals surface area contributed by atoms with E-state index in [1.54, 1.807) is 39.0 Å². The molecule has 0 atom stereocenters. The molecule has 0 saturated carbocycles. The Morgan fingerprint density at radius 2 is 2.11 bits per heavy atom. The maximum absolute atomic E-state index is 11.7. The van der Waals surface area contributed by atoms with E-state index in [4.69, 9.17) is 15.7 Å². The van der Waals surface area contributed by atoms with E-state index in [0.717, 1.165) is 4.47 Å². The second kappa shape index (κ2) is 5.92. The fraction of sp³-hybridized carbons (Fsp3) is 0.333.